The van der Waals surface area contributed by atoms with Gasteiger partial charge in [-0.05, 0) is 19.8 Å². The molecule has 1 heteroatoms. The minimum absolute atomic E-state index is 0.761. The molecule has 0 unspecified atom stereocenters. The van der Waals surface area contributed by atoms with E-state index in [0.29, 0.717) is 0 Å². The molecular formula is C12H23N. The Kier molecular flexibility index (Phi) is 5.14. The molecule has 76 valence electrons. The van der Waals surface area contributed by atoms with Crippen LogP contribution in [0.1, 0.15) is 51.9 Å². The van der Waals surface area contributed by atoms with E-state index in [2.05, 4.69) is 18.8 Å². The molecule has 0 heterocycles. The van der Waals surface area contributed by atoms with Gasteiger partial charge in [-0.3, -0.25) is 0 Å². The molecule has 13 heavy (non-hydrogen) atoms. The summed E-state index contributed by atoms with van der Waals surface area (Å²) in [5, 5.41) is 3.59. The maximum absolute atomic E-state index is 3.92. The first-order valence-electron chi connectivity index (χ1n) is 5.67. The average molecular weight is 181 g/mol. The molecule has 0 radical (unpaired) electrons. The van der Waals surface area contributed by atoms with Crippen molar-refractivity contribution in [3.05, 3.63) is 12.2 Å². The zero-order chi connectivity index (χ0) is 9.52. The molecule has 1 rings (SSSR count). The molecule has 1 nitrogen and oxygen atoms in total. The van der Waals surface area contributed by atoms with E-state index in [0.717, 1.165) is 12.6 Å². The highest BCUT2D eigenvalue weighted by atomic mass is 14.9. The van der Waals surface area contributed by atoms with Gasteiger partial charge in [-0.15, -0.1) is 0 Å². The van der Waals surface area contributed by atoms with Crippen LogP contribution in [-0.2, 0) is 0 Å². The first kappa shape index (κ1) is 10.8. The lowest BCUT2D eigenvalue weighted by Gasteiger charge is -2.21. The summed E-state index contributed by atoms with van der Waals surface area (Å²) in [7, 11) is 0. The average Bonchev–Trinajstić information content (AvgIpc) is 2.01. The van der Waals surface area contributed by atoms with Crippen LogP contribution in [0.15, 0.2) is 12.2 Å². The Hall–Kier alpha value is -0.300. The highest BCUT2D eigenvalue weighted by Crippen LogP contribution is 2.16. The number of rotatable bonds is 3. The van der Waals surface area contributed by atoms with E-state index in [4.69, 9.17) is 0 Å². The molecular weight excluding hydrogens is 158 g/mol. The van der Waals surface area contributed by atoms with Crippen molar-refractivity contribution in [2.45, 2.75) is 57.9 Å². The van der Waals surface area contributed by atoms with Crippen molar-refractivity contribution in [2.24, 2.45) is 0 Å². The van der Waals surface area contributed by atoms with E-state index in [-0.39, 0.29) is 0 Å². The SMILES string of the molecule is C=C(C)CNC1CCCCCCC1. The third kappa shape index (κ3) is 5.09. The zero-order valence-corrected chi connectivity index (χ0v) is 8.94. The molecule has 1 aliphatic rings. The first-order valence-corrected chi connectivity index (χ1v) is 5.67. The summed E-state index contributed by atoms with van der Waals surface area (Å²) in [4.78, 5) is 0. The fourth-order valence-corrected chi connectivity index (χ4v) is 1.98. The van der Waals surface area contributed by atoms with E-state index in [9.17, 15) is 0 Å². The van der Waals surface area contributed by atoms with Crippen molar-refractivity contribution in [1.29, 1.82) is 0 Å². The summed E-state index contributed by atoms with van der Waals surface area (Å²) in [5.41, 5.74) is 1.25. The van der Waals surface area contributed by atoms with Gasteiger partial charge >= 0.3 is 0 Å². The van der Waals surface area contributed by atoms with Crippen LogP contribution >= 0.6 is 0 Å². The third-order valence-electron chi connectivity index (χ3n) is 2.80. The lowest BCUT2D eigenvalue weighted by atomic mass is 9.96. The van der Waals surface area contributed by atoms with Gasteiger partial charge < -0.3 is 5.32 Å². The predicted octanol–water partition coefficient (Wildman–Crippen LogP) is 3.27. The van der Waals surface area contributed by atoms with Crippen LogP contribution in [0.2, 0.25) is 0 Å². The second kappa shape index (κ2) is 6.20. The molecule has 0 aromatic rings. The van der Waals surface area contributed by atoms with Gasteiger partial charge in [-0.25, -0.2) is 0 Å². The minimum atomic E-state index is 0.761. The number of hydrogen-bond donors (Lipinski definition) is 1. The van der Waals surface area contributed by atoms with Gasteiger partial charge in [0.25, 0.3) is 0 Å². The van der Waals surface area contributed by atoms with Crippen LogP contribution in [0.5, 0.6) is 0 Å². The highest BCUT2D eigenvalue weighted by molar-refractivity contribution is 4.91. The fourth-order valence-electron chi connectivity index (χ4n) is 1.98. The second-order valence-electron chi connectivity index (χ2n) is 4.38. The molecule has 0 amide bonds. The van der Waals surface area contributed by atoms with Gasteiger partial charge in [0.2, 0.25) is 0 Å². The predicted molar refractivity (Wildman–Crippen MR) is 58.9 cm³/mol. The topological polar surface area (TPSA) is 12.0 Å². The van der Waals surface area contributed by atoms with Gasteiger partial charge in [-0.1, -0.05) is 44.3 Å². The van der Waals surface area contributed by atoms with Crippen LogP contribution < -0.4 is 5.32 Å². The normalized spacial score (nSPS) is 20.7. The summed E-state index contributed by atoms with van der Waals surface area (Å²) in [5.74, 6) is 0. The number of hydrogen-bond acceptors (Lipinski definition) is 1. The summed E-state index contributed by atoms with van der Waals surface area (Å²) >= 11 is 0. The Morgan fingerprint density at radius 1 is 1.15 bits per heavy atom. The maximum atomic E-state index is 3.92. The Labute approximate surface area is 82.6 Å². The first-order chi connectivity index (χ1) is 6.29. The van der Waals surface area contributed by atoms with E-state index in [1.807, 2.05) is 0 Å². The Balaban J connectivity index is 2.17. The summed E-state index contributed by atoms with van der Waals surface area (Å²) in [6.07, 6.45) is 9.88. The second-order valence-corrected chi connectivity index (χ2v) is 4.38. The van der Waals surface area contributed by atoms with Crippen molar-refractivity contribution in [1.82, 2.24) is 5.32 Å². The highest BCUT2D eigenvalue weighted by Gasteiger charge is 2.09. The molecule has 1 saturated carbocycles. The van der Waals surface area contributed by atoms with Crippen LogP contribution in [0.4, 0.5) is 0 Å². The maximum Gasteiger partial charge on any atom is 0.0161 e. The van der Waals surface area contributed by atoms with Crippen LogP contribution in [0.25, 0.3) is 0 Å². The zero-order valence-electron chi connectivity index (χ0n) is 8.94. The molecule has 0 aliphatic heterocycles. The molecule has 0 spiro atoms. The van der Waals surface area contributed by atoms with E-state index >= 15 is 0 Å². The fraction of sp³-hybridized carbons (Fsp3) is 0.833. The standard InChI is InChI=1S/C12H23N/c1-11(2)10-13-12-8-6-4-3-5-7-9-12/h12-13H,1,3-10H2,2H3. The van der Waals surface area contributed by atoms with E-state index in [1.54, 1.807) is 0 Å². The minimum Gasteiger partial charge on any atom is -0.310 e. The van der Waals surface area contributed by atoms with Gasteiger partial charge in [0.05, 0.1) is 0 Å². The Morgan fingerprint density at radius 3 is 2.23 bits per heavy atom. The van der Waals surface area contributed by atoms with Crippen molar-refractivity contribution in [3.8, 4) is 0 Å². The molecule has 0 aromatic heterocycles. The largest absolute Gasteiger partial charge is 0.310 e. The Bertz CT molecular complexity index is 143. The van der Waals surface area contributed by atoms with Crippen molar-refractivity contribution < 1.29 is 0 Å². The van der Waals surface area contributed by atoms with Crippen molar-refractivity contribution in [3.63, 3.8) is 0 Å². The van der Waals surface area contributed by atoms with Crippen LogP contribution in [0.3, 0.4) is 0 Å². The van der Waals surface area contributed by atoms with E-state index < -0.39 is 0 Å². The molecule has 1 aliphatic carbocycles. The molecule has 0 bridgehead atoms. The van der Waals surface area contributed by atoms with Crippen molar-refractivity contribution >= 4 is 0 Å². The summed E-state index contributed by atoms with van der Waals surface area (Å²) < 4.78 is 0. The van der Waals surface area contributed by atoms with Crippen LogP contribution in [0, 0.1) is 0 Å². The molecule has 0 atom stereocenters. The molecule has 1 N–H and O–H groups in total. The van der Waals surface area contributed by atoms with Crippen LogP contribution in [-0.4, -0.2) is 12.6 Å². The van der Waals surface area contributed by atoms with Gasteiger partial charge in [0.15, 0.2) is 0 Å². The lowest BCUT2D eigenvalue weighted by molar-refractivity contribution is 0.399. The Morgan fingerprint density at radius 2 is 1.69 bits per heavy atom. The van der Waals surface area contributed by atoms with Gasteiger partial charge in [-0.2, -0.15) is 0 Å². The van der Waals surface area contributed by atoms with Gasteiger partial charge in [0, 0.05) is 12.6 Å². The molecule has 0 saturated heterocycles. The lowest BCUT2D eigenvalue weighted by Crippen LogP contribution is -2.30. The third-order valence-corrected chi connectivity index (χ3v) is 2.80. The smallest absolute Gasteiger partial charge is 0.0161 e. The monoisotopic (exact) mass is 181 g/mol. The summed E-state index contributed by atoms with van der Waals surface area (Å²) in [6.45, 7) is 7.02. The summed E-state index contributed by atoms with van der Waals surface area (Å²) in [6, 6.07) is 0.761. The quantitative estimate of drug-likeness (QED) is 0.659. The molecule has 1 fully saturated rings. The number of nitrogens with one attached hydrogen (secondary N) is 1. The van der Waals surface area contributed by atoms with E-state index in [1.165, 1.54) is 50.5 Å². The molecule has 0 aromatic carbocycles. The van der Waals surface area contributed by atoms with Crippen molar-refractivity contribution in [2.75, 3.05) is 6.54 Å². The van der Waals surface area contributed by atoms with Gasteiger partial charge in [0.1, 0.15) is 0 Å².